The molecule has 1 fully saturated rings. The fraction of sp³-hybridized carbons (Fsp3) is 0.259. The minimum absolute atomic E-state index is 0.0155. The van der Waals surface area contributed by atoms with Crippen LogP contribution in [-0.2, 0) is 11.0 Å². The molecule has 0 unspecified atom stereocenters. The van der Waals surface area contributed by atoms with Crippen LogP contribution in [0.1, 0.15) is 40.2 Å². The van der Waals surface area contributed by atoms with Crippen molar-refractivity contribution in [2.45, 2.75) is 38.9 Å². The quantitative estimate of drug-likeness (QED) is 0.394. The van der Waals surface area contributed by atoms with Crippen molar-refractivity contribution in [2.24, 2.45) is 0 Å². The summed E-state index contributed by atoms with van der Waals surface area (Å²) in [5.41, 5.74) is 1.98. The number of alkyl halides is 3. The van der Waals surface area contributed by atoms with Crippen LogP contribution in [0.3, 0.4) is 0 Å². The van der Waals surface area contributed by atoms with E-state index >= 15 is 0 Å². The summed E-state index contributed by atoms with van der Waals surface area (Å²) in [6.45, 7) is 3.36. The van der Waals surface area contributed by atoms with Crippen LogP contribution in [0.15, 0.2) is 54.6 Å². The summed E-state index contributed by atoms with van der Waals surface area (Å²) in [5.74, 6) is -1.49. The summed E-state index contributed by atoms with van der Waals surface area (Å²) in [6, 6.07) is 12.1. The zero-order valence-electron chi connectivity index (χ0n) is 20.6. The van der Waals surface area contributed by atoms with E-state index in [9.17, 15) is 27.6 Å². The minimum atomic E-state index is -4.48. The predicted molar refractivity (Wildman–Crippen MR) is 135 cm³/mol. The normalized spacial score (nSPS) is 15.3. The average molecular weight is 527 g/mol. The minimum Gasteiger partial charge on any atom is -0.477 e. The third kappa shape index (κ3) is 5.77. The van der Waals surface area contributed by atoms with Crippen LogP contribution in [0.4, 0.5) is 29.3 Å². The van der Waals surface area contributed by atoms with Crippen molar-refractivity contribution in [3.8, 4) is 11.1 Å². The summed E-state index contributed by atoms with van der Waals surface area (Å²) >= 11 is 0. The molecule has 4 rings (SSSR count). The Morgan fingerprint density at radius 3 is 2.26 bits per heavy atom. The highest BCUT2D eigenvalue weighted by Gasteiger charge is 2.35. The number of carbonyl (C=O) groups excluding carboxylic acids is 2. The fourth-order valence-electron chi connectivity index (χ4n) is 4.48. The second-order valence-corrected chi connectivity index (χ2v) is 9.01. The predicted octanol–water partition coefficient (Wildman–Crippen LogP) is 5.72. The van der Waals surface area contributed by atoms with Crippen molar-refractivity contribution in [3.05, 3.63) is 77.1 Å². The number of carboxylic acid groups (broad SMARTS) is 1. The van der Waals surface area contributed by atoms with Crippen LogP contribution >= 0.6 is 0 Å². The first-order chi connectivity index (χ1) is 17.9. The molecule has 1 aliphatic rings. The lowest BCUT2D eigenvalue weighted by atomic mass is 10.0. The Balaban J connectivity index is 1.41. The zero-order valence-corrected chi connectivity index (χ0v) is 20.6. The number of nitrogens with one attached hydrogen (secondary N) is 2. The zero-order chi connectivity index (χ0) is 27.6. The van der Waals surface area contributed by atoms with Crippen LogP contribution in [0.25, 0.3) is 11.1 Å². The highest BCUT2D eigenvalue weighted by molar-refractivity contribution is 5.99. The maximum absolute atomic E-state index is 13.0. The number of amides is 3. The van der Waals surface area contributed by atoms with Gasteiger partial charge in [-0.2, -0.15) is 13.2 Å². The molecule has 38 heavy (non-hydrogen) atoms. The molecule has 0 bridgehead atoms. The number of aromatic carboxylic acids is 1. The lowest BCUT2D eigenvalue weighted by molar-refractivity contribution is -0.138. The van der Waals surface area contributed by atoms with E-state index in [0.29, 0.717) is 30.8 Å². The molecule has 198 valence electrons. The number of benzene rings is 2. The van der Waals surface area contributed by atoms with Gasteiger partial charge in [-0.1, -0.05) is 18.2 Å². The number of likely N-dealkylation sites (tertiary alicyclic amines) is 1. The van der Waals surface area contributed by atoms with Crippen molar-refractivity contribution < 1.29 is 32.7 Å². The van der Waals surface area contributed by atoms with E-state index < -0.39 is 29.8 Å². The Kier molecular flexibility index (Phi) is 7.38. The van der Waals surface area contributed by atoms with Gasteiger partial charge in [0.25, 0.3) is 0 Å². The van der Waals surface area contributed by atoms with Gasteiger partial charge >= 0.3 is 18.2 Å². The van der Waals surface area contributed by atoms with Crippen LogP contribution in [0.2, 0.25) is 0 Å². The molecular weight excluding hydrogens is 501 g/mol. The van der Waals surface area contributed by atoms with Crippen molar-refractivity contribution in [1.82, 2.24) is 9.88 Å². The summed E-state index contributed by atoms with van der Waals surface area (Å²) in [5, 5.41) is 14.5. The van der Waals surface area contributed by atoms with E-state index in [1.54, 1.807) is 37.3 Å². The molecule has 2 heterocycles. The molecule has 3 amide bonds. The summed E-state index contributed by atoms with van der Waals surface area (Å²) in [7, 11) is 0. The molecule has 1 saturated heterocycles. The molecule has 0 saturated carbocycles. The lowest BCUT2D eigenvalue weighted by Crippen LogP contribution is -2.45. The number of urea groups is 1. The molecule has 8 nitrogen and oxygen atoms in total. The average Bonchev–Trinajstić information content (AvgIpc) is 3.34. The molecule has 0 spiro atoms. The van der Waals surface area contributed by atoms with E-state index in [0.717, 1.165) is 17.2 Å². The third-order valence-corrected chi connectivity index (χ3v) is 6.37. The SMILES string of the molecule is Cc1cc(NC(=O)N2CCC[C@@H]2C(=O)Nc2ccc(-c3ccc(C(=O)O)nc3C)cc2)ccc1C(F)(F)F. The molecule has 2 aromatic carbocycles. The van der Waals surface area contributed by atoms with Gasteiger partial charge in [-0.05, 0) is 74.2 Å². The van der Waals surface area contributed by atoms with Crippen molar-refractivity contribution in [2.75, 3.05) is 17.2 Å². The van der Waals surface area contributed by atoms with E-state index in [2.05, 4.69) is 15.6 Å². The van der Waals surface area contributed by atoms with Gasteiger partial charge in [0.1, 0.15) is 11.7 Å². The maximum Gasteiger partial charge on any atom is 0.416 e. The van der Waals surface area contributed by atoms with E-state index in [1.807, 2.05) is 0 Å². The molecule has 0 aliphatic carbocycles. The van der Waals surface area contributed by atoms with Gasteiger partial charge in [0.05, 0.1) is 5.56 Å². The van der Waals surface area contributed by atoms with Crippen LogP contribution in [0.5, 0.6) is 0 Å². The number of carboxylic acids is 1. The van der Waals surface area contributed by atoms with E-state index in [-0.39, 0.29) is 22.9 Å². The standard InChI is InChI=1S/C27H25F3N4O4/c1-15-14-19(9-11-21(15)27(28,29)30)33-26(38)34-13-3-4-23(34)24(35)32-18-7-5-17(6-8-18)20-10-12-22(25(36)37)31-16(20)2/h5-12,14,23H,3-4,13H2,1-2H3,(H,32,35)(H,33,38)(H,36,37)/t23-/m1/s1. The molecule has 11 heteroatoms. The van der Waals surface area contributed by atoms with Gasteiger partial charge in [0.2, 0.25) is 5.91 Å². The maximum atomic E-state index is 13.0. The van der Waals surface area contributed by atoms with E-state index in [4.69, 9.17) is 5.11 Å². The first kappa shape index (κ1) is 26.6. The second-order valence-electron chi connectivity index (χ2n) is 9.01. The highest BCUT2D eigenvalue weighted by Crippen LogP contribution is 2.33. The Bertz CT molecular complexity index is 1390. The summed E-state index contributed by atoms with van der Waals surface area (Å²) in [6.07, 6.45) is -3.43. The van der Waals surface area contributed by atoms with Crippen LogP contribution in [0, 0.1) is 13.8 Å². The largest absolute Gasteiger partial charge is 0.477 e. The Labute approximate surface area is 216 Å². The first-order valence-electron chi connectivity index (χ1n) is 11.8. The summed E-state index contributed by atoms with van der Waals surface area (Å²) < 4.78 is 39.0. The third-order valence-electron chi connectivity index (χ3n) is 6.37. The van der Waals surface area contributed by atoms with Gasteiger partial charge in [-0.3, -0.25) is 4.79 Å². The van der Waals surface area contributed by atoms with Gasteiger partial charge in [-0.25, -0.2) is 14.6 Å². The van der Waals surface area contributed by atoms with Crippen molar-refractivity contribution >= 4 is 29.3 Å². The molecule has 0 radical (unpaired) electrons. The number of aromatic nitrogens is 1. The van der Waals surface area contributed by atoms with Gasteiger partial charge in [0, 0.05) is 29.2 Å². The monoisotopic (exact) mass is 526 g/mol. The summed E-state index contributed by atoms with van der Waals surface area (Å²) in [4.78, 5) is 42.4. The van der Waals surface area contributed by atoms with Crippen molar-refractivity contribution in [1.29, 1.82) is 0 Å². The van der Waals surface area contributed by atoms with E-state index in [1.165, 1.54) is 30.0 Å². The molecule has 3 N–H and O–H groups in total. The molecule has 1 atom stereocenters. The number of halogens is 3. The number of hydrogen-bond donors (Lipinski definition) is 3. The molecular formula is C27H25F3N4O4. The number of aryl methyl sites for hydroxylation is 2. The smallest absolute Gasteiger partial charge is 0.416 e. The number of rotatable bonds is 5. The Morgan fingerprint density at radius 2 is 1.66 bits per heavy atom. The number of nitrogens with zero attached hydrogens (tertiary/aromatic N) is 2. The number of anilines is 2. The number of pyridine rings is 1. The Morgan fingerprint density at radius 1 is 0.974 bits per heavy atom. The lowest BCUT2D eigenvalue weighted by Gasteiger charge is -2.24. The molecule has 3 aromatic rings. The van der Waals surface area contributed by atoms with Crippen LogP contribution < -0.4 is 10.6 Å². The first-order valence-corrected chi connectivity index (χ1v) is 11.8. The fourth-order valence-corrected chi connectivity index (χ4v) is 4.48. The second kappa shape index (κ2) is 10.5. The van der Waals surface area contributed by atoms with Gasteiger partial charge in [-0.15, -0.1) is 0 Å². The Hall–Kier alpha value is -4.41. The van der Waals surface area contributed by atoms with Gasteiger partial charge < -0.3 is 20.6 Å². The van der Waals surface area contributed by atoms with Gasteiger partial charge in [0.15, 0.2) is 0 Å². The molecule has 1 aromatic heterocycles. The number of hydrogen-bond acceptors (Lipinski definition) is 4. The highest BCUT2D eigenvalue weighted by atomic mass is 19.4. The van der Waals surface area contributed by atoms with Crippen LogP contribution in [-0.4, -0.2) is 45.5 Å². The van der Waals surface area contributed by atoms with Crippen molar-refractivity contribution in [3.63, 3.8) is 0 Å². The molecule has 1 aliphatic heterocycles. The topological polar surface area (TPSA) is 112 Å². The number of carbonyl (C=O) groups is 3.